The summed E-state index contributed by atoms with van der Waals surface area (Å²) in [7, 11) is 0. The molecule has 5 nitrogen and oxygen atoms in total. The third kappa shape index (κ3) is 5.81. The van der Waals surface area contributed by atoms with E-state index in [9.17, 15) is 4.79 Å². The zero-order valence-corrected chi connectivity index (χ0v) is 15.7. The molecule has 7 heteroatoms. The van der Waals surface area contributed by atoms with Crippen LogP contribution in [0.15, 0.2) is 24.3 Å². The average Bonchev–Trinajstić information content (AvgIpc) is 3.04. The summed E-state index contributed by atoms with van der Waals surface area (Å²) >= 11 is 0. The maximum atomic E-state index is 12.2. The van der Waals surface area contributed by atoms with Crippen LogP contribution < -0.4 is 5.73 Å². The number of nitrogen functional groups attached to an aromatic ring is 1. The molecule has 1 amide bonds. The lowest BCUT2D eigenvalue weighted by Crippen LogP contribution is -2.49. The quantitative estimate of drug-likeness (QED) is 0.817. The van der Waals surface area contributed by atoms with Gasteiger partial charge in [-0.05, 0) is 30.5 Å². The zero-order chi connectivity index (χ0) is 15.4. The number of benzene rings is 1. The van der Waals surface area contributed by atoms with E-state index < -0.39 is 0 Å². The number of likely N-dealkylation sites (tertiary alicyclic amines) is 1. The average molecular weight is 375 g/mol. The van der Waals surface area contributed by atoms with Gasteiger partial charge in [0.2, 0.25) is 5.91 Å². The second-order valence-electron chi connectivity index (χ2n) is 6.39. The summed E-state index contributed by atoms with van der Waals surface area (Å²) in [5.74, 6) is 0.307. The minimum atomic E-state index is 0. The lowest BCUT2D eigenvalue weighted by Gasteiger charge is -2.35. The fourth-order valence-corrected chi connectivity index (χ4v) is 3.31. The Hall–Kier alpha value is -1.01. The molecule has 2 saturated heterocycles. The molecule has 0 spiro atoms. The second kappa shape index (κ2) is 10.1. The molecule has 1 aromatic rings. The summed E-state index contributed by atoms with van der Waals surface area (Å²) < 4.78 is 0. The number of anilines is 1. The summed E-state index contributed by atoms with van der Waals surface area (Å²) in [6, 6.07) is 8.10. The van der Waals surface area contributed by atoms with Crippen molar-refractivity contribution in [1.82, 2.24) is 14.7 Å². The van der Waals surface area contributed by atoms with Crippen LogP contribution in [0.25, 0.3) is 0 Å². The van der Waals surface area contributed by atoms with Crippen LogP contribution in [0.5, 0.6) is 0 Å². The highest BCUT2D eigenvalue weighted by Crippen LogP contribution is 2.13. The van der Waals surface area contributed by atoms with Crippen LogP contribution in [0, 0.1) is 0 Å². The van der Waals surface area contributed by atoms with E-state index in [0.717, 1.165) is 51.5 Å². The van der Waals surface area contributed by atoms with E-state index >= 15 is 0 Å². The van der Waals surface area contributed by atoms with Crippen LogP contribution in [0.2, 0.25) is 0 Å². The van der Waals surface area contributed by atoms with E-state index in [1.54, 1.807) is 0 Å². The minimum Gasteiger partial charge on any atom is -0.399 e. The fourth-order valence-electron chi connectivity index (χ4n) is 3.31. The van der Waals surface area contributed by atoms with Crippen molar-refractivity contribution in [2.45, 2.75) is 19.4 Å². The van der Waals surface area contributed by atoms with Gasteiger partial charge in [-0.1, -0.05) is 12.1 Å². The summed E-state index contributed by atoms with van der Waals surface area (Å²) in [6.07, 6.45) is 2.33. The molecule has 2 N–H and O–H groups in total. The summed E-state index contributed by atoms with van der Waals surface area (Å²) in [5.41, 5.74) is 7.92. The maximum absolute atomic E-state index is 12.2. The number of carbonyl (C=O) groups excluding carboxylic acids is 1. The van der Waals surface area contributed by atoms with Gasteiger partial charge >= 0.3 is 0 Å². The largest absolute Gasteiger partial charge is 0.399 e. The number of nitrogens with zero attached hydrogens (tertiary/aromatic N) is 3. The molecule has 0 bridgehead atoms. The lowest BCUT2D eigenvalue weighted by atomic mass is 10.2. The van der Waals surface area contributed by atoms with Crippen molar-refractivity contribution in [2.24, 2.45) is 0 Å². The Morgan fingerprint density at radius 1 is 0.958 bits per heavy atom. The molecular formula is C17H28Cl2N4O. The molecule has 136 valence electrons. The van der Waals surface area contributed by atoms with E-state index in [0.29, 0.717) is 12.5 Å². The van der Waals surface area contributed by atoms with E-state index in [-0.39, 0.29) is 24.8 Å². The number of halogens is 2. The number of rotatable bonds is 4. The first kappa shape index (κ1) is 21.0. The Morgan fingerprint density at radius 3 is 2.21 bits per heavy atom. The van der Waals surface area contributed by atoms with Crippen molar-refractivity contribution in [2.75, 3.05) is 51.5 Å². The minimum absolute atomic E-state index is 0. The van der Waals surface area contributed by atoms with Crippen LogP contribution in [0.4, 0.5) is 5.69 Å². The van der Waals surface area contributed by atoms with E-state index in [1.165, 1.54) is 18.4 Å². The Labute approximate surface area is 157 Å². The highest BCUT2D eigenvalue weighted by molar-refractivity contribution is 5.85. The summed E-state index contributed by atoms with van der Waals surface area (Å²) in [6.45, 7) is 7.42. The Bertz CT molecular complexity index is 515. The predicted octanol–water partition coefficient (Wildman–Crippen LogP) is 1.85. The third-order valence-corrected chi connectivity index (χ3v) is 4.64. The van der Waals surface area contributed by atoms with Gasteiger partial charge in [0.15, 0.2) is 0 Å². The molecule has 0 radical (unpaired) electrons. The molecule has 2 heterocycles. The maximum Gasteiger partial charge on any atom is 0.236 e. The summed E-state index contributed by atoms with van der Waals surface area (Å²) in [5, 5.41) is 0. The molecule has 0 atom stereocenters. The van der Waals surface area contributed by atoms with Gasteiger partial charge in [-0.3, -0.25) is 14.6 Å². The fraction of sp³-hybridized carbons (Fsp3) is 0.588. The lowest BCUT2D eigenvalue weighted by molar-refractivity contribution is -0.131. The number of piperazine rings is 1. The normalized spacial score (nSPS) is 18.8. The number of nitrogens with two attached hydrogens (primary N) is 1. The molecule has 2 aliphatic rings. The van der Waals surface area contributed by atoms with Crippen molar-refractivity contribution in [3.8, 4) is 0 Å². The number of amides is 1. The molecule has 2 fully saturated rings. The monoisotopic (exact) mass is 374 g/mol. The smallest absolute Gasteiger partial charge is 0.236 e. The van der Waals surface area contributed by atoms with Crippen LogP contribution in [-0.2, 0) is 11.3 Å². The third-order valence-electron chi connectivity index (χ3n) is 4.64. The molecule has 0 aliphatic carbocycles. The molecule has 2 aliphatic heterocycles. The topological polar surface area (TPSA) is 52.8 Å². The van der Waals surface area contributed by atoms with Crippen LogP contribution in [-0.4, -0.2) is 66.4 Å². The SMILES string of the molecule is Cl.Cl.Nc1cccc(CN2CCN(CC(=O)N3CCCC3)CC2)c1. The molecule has 1 aromatic carbocycles. The van der Waals surface area contributed by atoms with Gasteiger partial charge in [0.05, 0.1) is 6.54 Å². The van der Waals surface area contributed by atoms with Gasteiger partial charge in [-0.15, -0.1) is 24.8 Å². The molecule has 3 rings (SSSR count). The van der Waals surface area contributed by atoms with Gasteiger partial charge in [0.25, 0.3) is 0 Å². The number of carbonyl (C=O) groups is 1. The molecular weight excluding hydrogens is 347 g/mol. The Balaban J connectivity index is 0.00000144. The van der Waals surface area contributed by atoms with Crippen molar-refractivity contribution < 1.29 is 4.79 Å². The Morgan fingerprint density at radius 2 is 1.58 bits per heavy atom. The predicted molar refractivity (Wildman–Crippen MR) is 103 cm³/mol. The van der Waals surface area contributed by atoms with Gasteiger partial charge in [-0.2, -0.15) is 0 Å². The highest BCUT2D eigenvalue weighted by atomic mass is 35.5. The van der Waals surface area contributed by atoms with Crippen molar-refractivity contribution in [3.63, 3.8) is 0 Å². The molecule has 0 unspecified atom stereocenters. The van der Waals surface area contributed by atoms with E-state index in [2.05, 4.69) is 15.9 Å². The Kier molecular flexibility index (Phi) is 8.84. The highest BCUT2D eigenvalue weighted by Gasteiger charge is 2.23. The second-order valence-corrected chi connectivity index (χ2v) is 6.39. The van der Waals surface area contributed by atoms with Crippen molar-refractivity contribution in [3.05, 3.63) is 29.8 Å². The van der Waals surface area contributed by atoms with Gasteiger partial charge in [0.1, 0.15) is 0 Å². The zero-order valence-electron chi connectivity index (χ0n) is 14.0. The van der Waals surface area contributed by atoms with Crippen LogP contribution in [0.1, 0.15) is 18.4 Å². The van der Waals surface area contributed by atoms with Crippen LogP contribution in [0.3, 0.4) is 0 Å². The van der Waals surface area contributed by atoms with E-state index in [4.69, 9.17) is 5.73 Å². The summed E-state index contributed by atoms with van der Waals surface area (Å²) in [4.78, 5) is 18.9. The number of hydrogen-bond donors (Lipinski definition) is 1. The van der Waals surface area contributed by atoms with Gasteiger partial charge in [0, 0.05) is 51.5 Å². The standard InChI is InChI=1S/C17H26N4O.2ClH/c18-16-5-3-4-15(12-16)13-19-8-10-20(11-9-19)14-17(22)21-6-1-2-7-21;;/h3-5,12H,1-2,6-11,13-14,18H2;2*1H. The molecule has 24 heavy (non-hydrogen) atoms. The van der Waals surface area contributed by atoms with Crippen molar-refractivity contribution in [1.29, 1.82) is 0 Å². The van der Waals surface area contributed by atoms with Crippen molar-refractivity contribution >= 4 is 36.4 Å². The first-order valence-electron chi connectivity index (χ1n) is 8.27. The molecule has 0 saturated carbocycles. The van der Waals surface area contributed by atoms with Gasteiger partial charge in [-0.25, -0.2) is 0 Å². The number of hydrogen-bond acceptors (Lipinski definition) is 4. The van der Waals surface area contributed by atoms with Gasteiger partial charge < -0.3 is 10.6 Å². The van der Waals surface area contributed by atoms with E-state index in [1.807, 2.05) is 23.1 Å². The van der Waals surface area contributed by atoms with Crippen LogP contribution >= 0.6 is 24.8 Å². The first-order chi connectivity index (χ1) is 10.7. The first-order valence-corrected chi connectivity index (χ1v) is 8.27. The molecule has 0 aromatic heterocycles.